The van der Waals surface area contributed by atoms with Crippen molar-refractivity contribution in [2.24, 2.45) is 0 Å². The maximum atomic E-state index is 12.8. The van der Waals surface area contributed by atoms with E-state index in [0.717, 1.165) is 83.5 Å². The minimum absolute atomic E-state index is 0.0757. The average molecular weight is 980 g/mol. The van der Waals surface area contributed by atoms with Gasteiger partial charge in [-0.05, 0) is 89.9 Å². The number of carbonyl (C=O) groups is 3. The van der Waals surface area contributed by atoms with Gasteiger partial charge in [-0.25, -0.2) is 0 Å². The Hall–Kier alpha value is -2.89. The highest BCUT2D eigenvalue weighted by molar-refractivity contribution is 5.71. The van der Waals surface area contributed by atoms with Crippen LogP contribution in [0, 0.1) is 0 Å². The van der Waals surface area contributed by atoms with E-state index in [4.69, 9.17) is 14.2 Å². The first kappa shape index (κ1) is 67.1. The predicted molar refractivity (Wildman–Crippen MR) is 302 cm³/mol. The monoisotopic (exact) mass is 979 g/mol. The zero-order valence-electron chi connectivity index (χ0n) is 46.5. The van der Waals surface area contributed by atoms with Gasteiger partial charge in [0.15, 0.2) is 6.10 Å². The lowest BCUT2D eigenvalue weighted by molar-refractivity contribution is -0.167. The minimum atomic E-state index is -0.776. The molecule has 0 aliphatic heterocycles. The Labute approximate surface area is 434 Å². The van der Waals surface area contributed by atoms with E-state index in [1.54, 1.807) is 0 Å². The first-order valence-corrected chi connectivity index (χ1v) is 30.3. The average Bonchev–Trinajstić information content (AvgIpc) is 3.36. The third kappa shape index (κ3) is 56.0. The fourth-order valence-corrected chi connectivity index (χ4v) is 8.66. The molecule has 0 rings (SSSR count). The summed E-state index contributed by atoms with van der Waals surface area (Å²) in [5.41, 5.74) is 0. The van der Waals surface area contributed by atoms with Crippen molar-refractivity contribution in [1.29, 1.82) is 0 Å². The van der Waals surface area contributed by atoms with E-state index >= 15 is 0 Å². The number of allylic oxidation sites excluding steroid dienone is 10. The van der Waals surface area contributed by atoms with Crippen LogP contribution >= 0.6 is 0 Å². The summed E-state index contributed by atoms with van der Waals surface area (Å²) in [4.78, 5) is 38.0. The van der Waals surface area contributed by atoms with Gasteiger partial charge < -0.3 is 14.2 Å². The van der Waals surface area contributed by atoms with Crippen molar-refractivity contribution in [3.8, 4) is 0 Å². The van der Waals surface area contributed by atoms with Gasteiger partial charge in [0.25, 0.3) is 0 Å². The predicted octanol–water partition coefficient (Wildman–Crippen LogP) is 20.4. The summed E-state index contributed by atoms with van der Waals surface area (Å²) in [5, 5.41) is 0. The van der Waals surface area contributed by atoms with E-state index in [1.165, 1.54) is 186 Å². The highest BCUT2D eigenvalue weighted by Crippen LogP contribution is 2.16. The molecule has 0 N–H and O–H groups in total. The van der Waals surface area contributed by atoms with Crippen molar-refractivity contribution in [2.45, 2.75) is 316 Å². The van der Waals surface area contributed by atoms with Crippen LogP contribution in [0.25, 0.3) is 0 Å². The fourth-order valence-electron chi connectivity index (χ4n) is 8.66. The Bertz CT molecular complexity index is 1260. The quantitative estimate of drug-likeness (QED) is 0.0261. The molecule has 406 valence electrons. The summed E-state index contributed by atoms with van der Waals surface area (Å²) < 4.78 is 16.8. The summed E-state index contributed by atoms with van der Waals surface area (Å²) >= 11 is 0. The zero-order valence-corrected chi connectivity index (χ0v) is 46.5. The minimum Gasteiger partial charge on any atom is -0.462 e. The molecule has 70 heavy (non-hydrogen) atoms. The Morgan fingerprint density at radius 2 is 0.514 bits per heavy atom. The van der Waals surface area contributed by atoms with Gasteiger partial charge in [0.1, 0.15) is 13.2 Å². The van der Waals surface area contributed by atoms with E-state index in [9.17, 15) is 14.4 Å². The summed E-state index contributed by atoms with van der Waals surface area (Å²) in [6.07, 6.45) is 73.8. The number of hydrogen-bond acceptors (Lipinski definition) is 6. The van der Waals surface area contributed by atoms with Crippen molar-refractivity contribution >= 4 is 17.9 Å². The van der Waals surface area contributed by atoms with Gasteiger partial charge in [-0.15, -0.1) is 0 Å². The van der Waals surface area contributed by atoms with Gasteiger partial charge in [-0.1, -0.05) is 261 Å². The largest absolute Gasteiger partial charge is 0.462 e. The summed E-state index contributed by atoms with van der Waals surface area (Å²) in [6.45, 7) is 6.59. The van der Waals surface area contributed by atoms with Crippen molar-refractivity contribution < 1.29 is 28.6 Å². The second-order valence-corrected chi connectivity index (χ2v) is 20.3. The van der Waals surface area contributed by atoms with Gasteiger partial charge in [0, 0.05) is 19.3 Å². The molecule has 0 aliphatic carbocycles. The van der Waals surface area contributed by atoms with Gasteiger partial charge in [0.2, 0.25) is 0 Å². The molecule has 6 heteroatoms. The molecular formula is C64H114O6. The molecule has 0 aliphatic rings. The van der Waals surface area contributed by atoms with Crippen LogP contribution in [0.5, 0.6) is 0 Å². The normalized spacial score (nSPS) is 12.4. The van der Waals surface area contributed by atoms with Crippen LogP contribution in [0.3, 0.4) is 0 Å². The van der Waals surface area contributed by atoms with E-state index in [-0.39, 0.29) is 31.1 Å². The molecule has 0 bridgehead atoms. The van der Waals surface area contributed by atoms with Gasteiger partial charge in [0.05, 0.1) is 0 Å². The Morgan fingerprint density at radius 3 is 0.829 bits per heavy atom. The van der Waals surface area contributed by atoms with Crippen molar-refractivity contribution in [3.63, 3.8) is 0 Å². The molecule has 0 aromatic rings. The summed E-state index contributed by atoms with van der Waals surface area (Å²) in [7, 11) is 0. The zero-order chi connectivity index (χ0) is 50.7. The Morgan fingerprint density at radius 1 is 0.286 bits per heavy atom. The first-order chi connectivity index (χ1) is 34.5. The molecule has 0 aromatic carbocycles. The van der Waals surface area contributed by atoms with Gasteiger partial charge in [-0.3, -0.25) is 14.4 Å². The van der Waals surface area contributed by atoms with Crippen LogP contribution in [0.4, 0.5) is 0 Å². The number of carbonyl (C=O) groups excluding carboxylic acids is 3. The molecule has 0 spiro atoms. The number of esters is 3. The number of unbranched alkanes of at least 4 members (excludes halogenated alkanes) is 34. The van der Waals surface area contributed by atoms with Crippen LogP contribution in [0.15, 0.2) is 60.8 Å². The van der Waals surface area contributed by atoms with Crippen LogP contribution in [-0.4, -0.2) is 37.2 Å². The third-order valence-electron chi connectivity index (χ3n) is 13.2. The third-order valence-corrected chi connectivity index (χ3v) is 13.2. The summed E-state index contributed by atoms with van der Waals surface area (Å²) in [6, 6.07) is 0. The lowest BCUT2D eigenvalue weighted by Gasteiger charge is -2.18. The van der Waals surface area contributed by atoms with Crippen LogP contribution < -0.4 is 0 Å². The fraction of sp³-hybridized carbons (Fsp3) is 0.797. The topological polar surface area (TPSA) is 78.9 Å². The number of hydrogen-bond donors (Lipinski definition) is 0. The number of rotatable bonds is 55. The molecule has 0 heterocycles. The molecular weight excluding hydrogens is 865 g/mol. The van der Waals surface area contributed by atoms with Crippen molar-refractivity contribution in [1.82, 2.24) is 0 Å². The molecule has 0 amide bonds. The second kappa shape index (κ2) is 58.7. The molecule has 0 radical (unpaired) electrons. The van der Waals surface area contributed by atoms with Crippen molar-refractivity contribution in [2.75, 3.05) is 13.2 Å². The van der Waals surface area contributed by atoms with Gasteiger partial charge >= 0.3 is 17.9 Å². The van der Waals surface area contributed by atoms with Crippen molar-refractivity contribution in [3.05, 3.63) is 60.8 Å². The Balaban J connectivity index is 4.16. The highest BCUT2D eigenvalue weighted by Gasteiger charge is 2.19. The van der Waals surface area contributed by atoms with E-state index < -0.39 is 6.10 Å². The number of ether oxygens (including phenoxy) is 3. The van der Waals surface area contributed by atoms with Gasteiger partial charge in [-0.2, -0.15) is 0 Å². The molecule has 0 saturated heterocycles. The molecule has 0 aromatic heterocycles. The molecule has 1 atom stereocenters. The highest BCUT2D eigenvalue weighted by atomic mass is 16.6. The smallest absolute Gasteiger partial charge is 0.306 e. The lowest BCUT2D eigenvalue weighted by Crippen LogP contribution is -2.30. The van der Waals surface area contributed by atoms with E-state index in [1.807, 2.05) is 0 Å². The molecule has 6 nitrogen and oxygen atoms in total. The van der Waals surface area contributed by atoms with Crippen LogP contribution in [-0.2, 0) is 28.6 Å². The standard InChI is InChI=1S/C64H114O6/c1-4-7-10-13-16-19-21-23-25-27-28-29-30-31-32-33-34-35-36-38-39-41-43-45-48-51-54-57-63(66)69-60-61(59-68-62(65)56-53-50-47-18-15-12-9-6-3)70-64(67)58-55-52-49-46-44-42-40-37-26-24-22-20-17-14-11-8-5-2/h17,20-21,23-24,26-28,30-31,61H,4-16,18-19,22,25,29,32-60H2,1-3H3/b20-17-,23-21-,26-24-,28-27-,31-30-. The van der Waals surface area contributed by atoms with E-state index in [0.29, 0.717) is 19.3 Å². The second-order valence-electron chi connectivity index (χ2n) is 20.3. The van der Waals surface area contributed by atoms with E-state index in [2.05, 4.69) is 81.5 Å². The van der Waals surface area contributed by atoms with Crippen LogP contribution in [0.2, 0.25) is 0 Å². The lowest BCUT2D eigenvalue weighted by atomic mass is 10.0. The molecule has 0 fully saturated rings. The maximum absolute atomic E-state index is 12.8. The summed E-state index contributed by atoms with van der Waals surface area (Å²) in [5.74, 6) is -0.878. The molecule has 0 saturated carbocycles. The molecule has 1 unspecified atom stereocenters. The first-order valence-electron chi connectivity index (χ1n) is 30.3. The van der Waals surface area contributed by atoms with Crippen LogP contribution in [0.1, 0.15) is 310 Å². The Kier molecular flexibility index (Phi) is 56.3. The SMILES string of the molecule is CCCCC/C=C\C/C=C\CCCCCCCCCC(=O)OC(COC(=O)CCCCCCCCCC)COC(=O)CCCCCCCCCCCCCC/C=C\C/C=C\C/C=C\CCCCCCC. The maximum Gasteiger partial charge on any atom is 0.306 e.